The average molecular weight is 364 g/mol. The standard InChI is InChI=1S/C22H28N4O/c1-6-18-20(26-13-9-10-15(4)21(26)23-18)22(27)24-19-12-11-17(14-16(19)5)25(7-2)8-3/h9-14H,6-8H2,1-5H3,(H,24,27). The molecule has 2 heterocycles. The summed E-state index contributed by atoms with van der Waals surface area (Å²) in [4.78, 5) is 20.0. The molecule has 0 aliphatic carbocycles. The number of aromatic nitrogens is 2. The molecule has 0 saturated carbocycles. The van der Waals surface area contributed by atoms with E-state index in [0.29, 0.717) is 12.1 Å². The number of fused-ring (bicyclic) bond motifs is 1. The van der Waals surface area contributed by atoms with E-state index in [1.807, 2.05) is 49.6 Å². The minimum absolute atomic E-state index is 0.122. The molecule has 27 heavy (non-hydrogen) atoms. The number of carbonyl (C=O) groups is 1. The van der Waals surface area contributed by atoms with Crippen molar-refractivity contribution in [2.75, 3.05) is 23.3 Å². The number of nitrogens with zero attached hydrogens (tertiary/aromatic N) is 3. The maximum Gasteiger partial charge on any atom is 0.274 e. The predicted octanol–water partition coefficient (Wildman–Crippen LogP) is 4.61. The number of rotatable bonds is 6. The van der Waals surface area contributed by atoms with Gasteiger partial charge in [-0.3, -0.25) is 9.20 Å². The van der Waals surface area contributed by atoms with Gasteiger partial charge in [-0.2, -0.15) is 0 Å². The number of carbonyl (C=O) groups excluding carboxylic acids is 1. The first-order valence-electron chi connectivity index (χ1n) is 9.63. The molecule has 0 radical (unpaired) electrons. The third kappa shape index (κ3) is 3.54. The van der Waals surface area contributed by atoms with E-state index in [9.17, 15) is 4.79 Å². The molecule has 1 amide bonds. The molecule has 2 aromatic heterocycles. The number of anilines is 2. The first-order valence-corrected chi connectivity index (χ1v) is 9.63. The molecule has 0 fully saturated rings. The van der Waals surface area contributed by atoms with Crippen molar-refractivity contribution in [2.24, 2.45) is 0 Å². The largest absolute Gasteiger partial charge is 0.372 e. The summed E-state index contributed by atoms with van der Waals surface area (Å²) in [5, 5.41) is 3.08. The fourth-order valence-corrected chi connectivity index (χ4v) is 3.49. The van der Waals surface area contributed by atoms with Crippen LogP contribution in [-0.4, -0.2) is 28.4 Å². The summed E-state index contributed by atoms with van der Waals surface area (Å²) in [6.45, 7) is 12.3. The zero-order chi connectivity index (χ0) is 19.6. The average Bonchev–Trinajstić information content (AvgIpc) is 3.05. The molecule has 142 valence electrons. The Labute approximate surface area is 161 Å². The van der Waals surface area contributed by atoms with Crippen LogP contribution in [0, 0.1) is 13.8 Å². The summed E-state index contributed by atoms with van der Waals surface area (Å²) in [6.07, 6.45) is 2.61. The molecule has 3 rings (SSSR count). The number of hydrogen-bond donors (Lipinski definition) is 1. The second-order valence-electron chi connectivity index (χ2n) is 6.77. The Balaban J connectivity index is 1.94. The van der Waals surface area contributed by atoms with Crippen LogP contribution in [-0.2, 0) is 6.42 Å². The maximum atomic E-state index is 13.1. The first kappa shape index (κ1) is 19.0. The maximum absolute atomic E-state index is 13.1. The van der Waals surface area contributed by atoms with E-state index in [1.54, 1.807) is 0 Å². The Morgan fingerprint density at radius 2 is 1.85 bits per heavy atom. The van der Waals surface area contributed by atoms with Crippen LogP contribution in [0.25, 0.3) is 5.65 Å². The molecule has 0 aliphatic heterocycles. The third-order valence-corrected chi connectivity index (χ3v) is 5.05. The SMILES string of the molecule is CCc1nc2c(C)cccn2c1C(=O)Nc1ccc(N(CC)CC)cc1C. The van der Waals surface area contributed by atoms with Crippen molar-refractivity contribution in [3.8, 4) is 0 Å². The third-order valence-electron chi connectivity index (χ3n) is 5.05. The molecule has 0 spiro atoms. The van der Waals surface area contributed by atoms with E-state index in [2.05, 4.69) is 41.2 Å². The van der Waals surface area contributed by atoms with E-state index >= 15 is 0 Å². The smallest absolute Gasteiger partial charge is 0.274 e. The summed E-state index contributed by atoms with van der Waals surface area (Å²) in [5.74, 6) is -0.122. The van der Waals surface area contributed by atoms with Crippen molar-refractivity contribution in [3.05, 3.63) is 59.0 Å². The Bertz CT molecular complexity index is 970. The van der Waals surface area contributed by atoms with Crippen LogP contribution in [0.2, 0.25) is 0 Å². The fourth-order valence-electron chi connectivity index (χ4n) is 3.49. The zero-order valence-corrected chi connectivity index (χ0v) is 16.8. The minimum atomic E-state index is -0.122. The zero-order valence-electron chi connectivity index (χ0n) is 16.8. The predicted molar refractivity (Wildman–Crippen MR) is 112 cm³/mol. The summed E-state index contributed by atoms with van der Waals surface area (Å²) in [7, 11) is 0. The van der Waals surface area contributed by atoms with Crippen molar-refractivity contribution >= 4 is 22.9 Å². The second-order valence-corrected chi connectivity index (χ2v) is 6.77. The van der Waals surface area contributed by atoms with Crippen LogP contribution in [0.3, 0.4) is 0 Å². The van der Waals surface area contributed by atoms with E-state index in [4.69, 9.17) is 0 Å². The highest BCUT2D eigenvalue weighted by Gasteiger charge is 2.19. The monoisotopic (exact) mass is 364 g/mol. The number of benzene rings is 1. The lowest BCUT2D eigenvalue weighted by Crippen LogP contribution is -2.22. The van der Waals surface area contributed by atoms with Crippen molar-refractivity contribution in [2.45, 2.75) is 41.0 Å². The van der Waals surface area contributed by atoms with Crippen LogP contribution in [0.4, 0.5) is 11.4 Å². The van der Waals surface area contributed by atoms with Crippen LogP contribution >= 0.6 is 0 Å². The second kappa shape index (κ2) is 7.82. The Hall–Kier alpha value is -2.82. The first-order chi connectivity index (χ1) is 13.0. The van der Waals surface area contributed by atoms with Gasteiger partial charge < -0.3 is 10.2 Å². The van der Waals surface area contributed by atoms with E-state index in [1.165, 1.54) is 5.69 Å². The van der Waals surface area contributed by atoms with Gasteiger partial charge in [0.05, 0.1) is 5.69 Å². The lowest BCUT2D eigenvalue weighted by Gasteiger charge is -2.22. The highest BCUT2D eigenvalue weighted by atomic mass is 16.2. The number of pyridine rings is 1. The molecule has 0 bridgehead atoms. The van der Waals surface area contributed by atoms with E-state index < -0.39 is 0 Å². The van der Waals surface area contributed by atoms with Crippen molar-refractivity contribution in [1.29, 1.82) is 0 Å². The molecule has 0 unspecified atom stereocenters. The van der Waals surface area contributed by atoms with Crippen LogP contribution in [0.1, 0.15) is 48.1 Å². The summed E-state index contributed by atoms with van der Waals surface area (Å²) >= 11 is 0. The van der Waals surface area contributed by atoms with Gasteiger partial charge in [0.1, 0.15) is 11.3 Å². The van der Waals surface area contributed by atoms with E-state index in [-0.39, 0.29) is 5.91 Å². The van der Waals surface area contributed by atoms with Crippen molar-refractivity contribution < 1.29 is 4.79 Å². The molecule has 3 aromatic rings. The Morgan fingerprint density at radius 1 is 1.11 bits per heavy atom. The number of nitrogens with one attached hydrogen (secondary N) is 1. The van der Waals surface area contributed by atoms with Gasteiger partial charge in [0.25, 0.3) is 5.91 Å². The van der Waals surface area contributed by atoms with Gasteiger partial charge >= 0.3 is 0 Å². The highest BCUT2D eigenvalue weighted by molar-refractivity contribution is 6.05. The minimum Gasteiger partial charge on any atom is -0.372 e. The Morgan fingerprint density at radius 3 is 2.48 bits per heavy atom. The molecular formula is C22H28N4O. The molecular weight excluding hydrogens is 336 g/mol. The van der Waals surface area contributed by atoms with Crippen molar-refractivity contribution in [1.82, 2.24) is 9.38 Å². The van der Waals surface area contributed by atoms with Gasteiger partial charge in [0.2, 0.25) is 0 Å². The number of hydrogen-bond acceptors (Lipinski definition) is 3. The van der Waals surface area contributed by atoms with Crippen LogP contribution < -0.4 is 10.2 Å². The molecule has 0 atom stereocenters. The number of imidazole rings is 1. The van der Waals surface area contributed by atoms with Gasteiger partial charge in [0.15, 0.2) is 0 Å². The van der Waals surface area contributed by atoms with Gasteiger partial charge in [-0.15, -0.1) is 0 Å². The van der Waals surface area contributed by atoms with E-state index in [0.717, 1.165) is 41.2 Å². The van der Waals surface area contributed by atoms with Gasteiger partial charge in [-0.1, -0.05) is 13.0 Å². The summed E-state index contributed by atoms with van der Waals surface area (Å²) in [5.41, 5.74) is 6.40. The summed E-state index contributed by atoms with van der Waals surface area (Å²) < 4.78 is 1.89. The van der Waals surface area contributed by atoms with Crippen LogP contribution in [0.15, 0.2) is 36.5 Å². The normalized spacial score (nSPS) is 11.0. The number of amides is 1. The topological polar surface area (TPSA) is 49.6 Å². The number of aryl methyl sites for hydroxylation is 3. The molecule has 5 nitrogen and oxygen atoms in total. The van der Waals surface area contributed by atoms with Gasteiger partial charge in [-0.25, -0.2) is 4.98 Å². The summed E-state index contributed by atoms with van der Waals surface area (Å²) in [6, 6.07) is 10.1. The molecule has 5 heteroatoms. The Kier molecular flexibility index (Phi) is 5.49. The lowest BCUT2D eigenvalue weighted by molar-refractivity contribution is 0.102. The molecule has 1 N–H and O–H groups in total. The fraction of sp³-hybridized carbons (Fsp3) is 0.364. The molecule has 0 aliphatic rings. The molecule has 1 aromatic carbocycles. The lowest BCUT2D eigenvalue weighted by atomic mass is 10.1. The van der Waals surface area contributed by atoms with Gasteiger partial charge in [-0.05, 0) is 69.5 Å². The van der Waals surface area contributed by atoms with Crippen molar-refractivity contribution in [3.63, 3.8) is 0 Å². The highest BCUT2D eigenvalue weighted by Crippen LogP contribution is 2.24. The van der Waals surface area contributed by atoms with Crippen LogP contribution in [0.5, 0.6) is 0 Å². The molecule has 0 saturated heterocycles. The quantitative estimate of drug-likeness (QED) is 0.695. The van der Waals surface area contributed by atoms with Gasteiger partial charge in [0, 0.05) is 30.7 Å².